The Balaban J connectivity index is 1.89. The molecule has 0 bridgehead atoms. The minimum Gasteiger partial charge on any atom is -0.366 e. The highest BCUT2D eigenvalue weighted by molar-refractivity contribution is 6.36. The summed E-state index contributed by atoms with van der Waals surface area (Å²) >= 11 is 12.7. The summed E-state index contributed by atoms with van der Waals surface area (Å²) in [7, 11) is 0. The SMILES string of the molecule is Cc1ccc(-c2cc3c(Cc4c(Cl)cccc4Cl)ccc(C(N)=O)c3[nH]2)cc1. The zero-order chi connectivity index (χ0) is 19.8. The van der Waals surface area contributed by atoms with Crippen LogP contribution in [0.4, 0.5) is 0 Å². The molecular formula is C23H18Cl2N2O. The van der Waals surface area contributed by atoms with Crippen LogP contribution < -0.4 is 5.73 Å². The Morgan fingerprint density at radius 2 is 1.68 bits per heavy atom. The van der Waals surface area contributed by atoms with Crippen molar-refractivity contribution in [2.75, 3.05) is 0 Å². The van der Waals surface area contributed by atoms with Crippen molar-refractivity contribution in [3.8, 4) is 11.3 Å². The van der Waals surface area contributed by atoms with Gasteiger partial charge in [-0.05, 0) is 47.9 Å². The molecule has 5 heteroatoms. The second kappa shape index (κ2) is 7.34. The first kappa shape index (κ1) is 18.6. The lowest BCUT2D eigenvalue weighted by Gasteiger charge is -2.09. The monoisotopic (exact) mass is 408 g/mol. The summed E-state index contributed by atoms with van der Waals surface area (Å²) in [5.41, 5.74) is 11.8. The van der Waals surface area contributed by atoms with Crippen molar-refractivity contribution in [1.82, 2.24) is 4.98 Å². The Bertz CT molecular complexity index is 1170. The van der Waals surface area contributed by atoms with Gasteiger partial charge in [0.25, 0.3) is 5.91 Å². The number of halogens is 2. The summed E-state index contributed by atoms with van der Waals surface area (Å²) in [6.07, 6.45) is 0.555. The first-order valence-corrected chi connectivity index (χ1v) is 9.64. The van der Waals surface area contributed by atoms with E-state index in [1.165, 1.54) is 5.56 Å². The van der Waals surface area contributed by atoms with E-state index in [-0.39, 0.29) is 0 Å². The molecule has 140 valence electrons. The molecule has 28 heavy (non-hydrogen) atoms. The fourth-order valence-corrected chi connectivity index (χ4v) is 3.95. The number of hydrogen-bond acceptors (Lipinski definition) is 1. The van der Waals surface area contributed by atoms with Crippen molar-refractivity contribution in [1.29, 1.82) is 0 Å². The van der Waals surface area contributed by atoms with Crippen LogP contribution in [0.2, 0.25) is 10.0 Å². The van der Waals surface area contributed by atoms with Crippen molar-refractivity contribution in [2.45, 2.75) is 13.3 Å². The largest absolute Gasteiger partial charge is 0.366 e. The van der Waals surface area contributed by atoms with E-state index in [0.29, 0.717) is 22.0 Å². The van der Waals surface area contributed by atoms with Gasteiger partial charge in [-0.15, -0.1) is 0 Å². The maximum absolute atomic E-state index is 11.9. The summed E-state index contributed by atoms with van der Waals surface area (Å²) in [6, 6.07) is 19.4. The minimum atomic E-state index is -0.468. The lowest BCUT2D eigenvalue weighted by atomic mass is 9.98. The fourth-order valence-electron chi connectivity index (χ4n) is 3.42. The second-order valence-corrected chi connectivity index (χ2v) is 7.67. The average Bonchev–Trinajstić information content (AvgIpc) is 3.10. The summed E-state index contributed by atoms with van der Waals surface area (Å²) in [6.45, 7) is 2.05. The number of rotatable bonds is 4. The maximum atomic E-state index is 11.9. The summed E-state index contributed by atoms with van der Waals surface area (Å²) in [4.78, 5) is 15.3. The Morgan fingerprint density at radius 1 is 1.00 bits per heavy atom. The third-order valence-electron chi connectivity index (χ3n) is 4.94. The average molecular weight is 409 g/mol. The van der Waals surface area contributed by atoms with E-state index in [1.54, 1.807) is 6.07 Å². The number of aromatic amines is 1. The molecule has 3 aromatic carbocycles. The standard InChI is InChI=1S/C23H18Cl2N2O/c1-13-5-7-14(8-6-13)21-12-17-15(9-10-16(23(26)28)22(17)27-21)11-18-19(24)3-2-4-20(18)25/h2-10,12,27H,11H2,1H3,(H2,26,28). The summed E-state index contributed by atoms with van der Waals surface area (Å²) in [5, 5.41) is 2.17. The van der Waals surface area contributed by atoms with E-state index in [1.807, 2.05) is 37.3 Å². The molecular weight excluding hydrogens is 391 g/mol. The number of aromatic nitrogens is 1. The van der Waals surface area contributed by atoms with Crippen LogP contribution in [0.15, 0.2) is 60.7 Å². The number of carbonyl (C=O) groups excluding carboxylic acids is 1. The number of nitrogens with two attached hydrogens (primary N) is 1. The number of aryl methyl sites for hydroxylation is 1. The van der Waals surface area contributed by atoms with E-state index in [2.05, 4.69) is 29.2 Å². The highest BCUT2D eigenvalue weighted by Gasteiger charge is 2.16. The van der Waals surface area contributed by atoms with Crippen LogP contribution in [0.25, 0.3) is 22.2 Å². The molecule has 0 aliphatic rings. The predicted molar refractivity (Wildman–Crippen MR) is 116 cm³/mol. The molecule has 1 heterocycles. The van der Waals surface area contributed by atoms with Gasteiger partial charge in [0, 0.05) is 27.5 Å². The highest BCUT2D eigenvalue weighted by atomic mass is 35.5. The molecule has 0 aliphatic carbocycles. The number of hydrogen-bond donors (Lipinski definition) is 2. The Morgan fingerprint density at radius 3 is 2.32 bits per heavy atom. The lowest BCUT2D eigenvalue weighted by Crippen LogP contribution is -2.11. The normalized spacial score (nSPS) is 11.1. The topological polar surface area (TPSA) is 58.9 Å². The number of fused-ring (bicyclic) bond motifs is 1. The first-order valence-electron chi connectivity index (χ1n) is 8.88. The van der Waals surface area contributed by atoms with Gasteiger partial charge in [0.05, 0.1) is 11.1 Å². The Hall–Kier alpha value is -2.75. The van der Waals surface area contributed by atoms with Crippen LogP contribution in [0.1, 0.15) is 27.0 Å². The van der Waals surface area contributed by atoms with Gasteiger partial charge in [-0.25, -0.2) is 0 Å². The van der Waals surface area contributed by atoms with Crippen molar-refractivity contribution < 1.29 is 4.79 Å². The van der Waals surface area contributed by atoms with Gasteiger partial charge < -0.3 is 10.7 Å². The number of benzene rings is 3. The zero-order valence-electron chi connectivity index (χ0n) is 15.2. The molecule has 1 amide bonds. The third-order valence-corrected chi connectivity index (χ3v) is 5.65. The molecule has 4 rings (SSSR count). The van der Waals surface area contributed by atoms with Crippen molar-refractivity contribution in [3.05, 3.63) is 93.0 Å². The minimum absolute atomic E-state index is 0.461. The highest BCUT2D eigenvalue weighted by Crippen LogP contribution is 2.33. The second-order valence-electron chi connectivity index (χ2n) is 6.85. The van der Waals surface area contributed by atoms with Crippen LogP contribution in [0, 0.1) is 6.92 Å². The lowest BCUT2D eigenvalue weighted by molar-refractivity contribution is 0.100. The molecule has 0 radical (unpaired) electrons. The van der Waals surface area contributed by atoms with Gasteiger partial charge in [-0.2, -0.15) is 0 Å². The van der Waals surface area contributed by atoms with Gasteiger partial charge in [-0.3, -0.25) is 4.79 Å². The number of primary amides is 1. The van der Waals surface area contributed by atoms with Crippen molar-refractivity contribution in [2.24, 2.45) is 5.73 Å². The number of amides is 1. The molecule has 0 saturated carbocycles. The Kier molecular flexibility index (Phi) is 4.88. The van der Waals surface area contributed by atoms with Crippen LogP contribution >= 0.6 is 23.2 Å². The van der Waals surface area contributed by atoms with E-state index >= 15 is 0 Å². The van der Waals surface area contributed by atoms with Crippen LogP contribution in [0.3, 0.4) is 0 Å². The maximum Gasteiger partial charge on any atom is 0.250 e. The van der Waals surface area contributed by atoms with Crippen LogP contribution in [-0.4, -0.2) is 10.9 Å². The number of H-pyrrole nitrogens is 1. The molecule has 0 saturated heterocycles. The van der Waals surface area contributed by atoms with Gasteiger partial charge in [-0.1, -0.05) is 65.2 Å². The molecule has 1 aromatic heterocycles. The molecule has 0 aliphatic heterocycles. The molecule has 0 atom stereocenters. The van der Waals surface area contributed by atoms with Gasteiger partial charge in [0.2, 0.25) is 0 Å². The zero-order valence-corrected chi connectivity index (χ0v) is 16.7. The smallest absolute Gasteiger partial charge is 0.250 e. The van der Waals surface area contributed by atoms with Gasteiger partial charge in [0.15, 0.2) is 0 Å². The van der Waals surface area contributed by atoms with Crippen molar-refractivity contribution in [3.63, 3.8) is 0 Å². The van der Waals surface area contributed by atoms with Crippen LogP contribution in [-0.2, 0) is 6.42 Å². The molecule has 4 aromatic rings. The third kappa shape index (κ3) is 3.39. The molecule has 0 spiro atoms. The van der Waals surface area contributed by atoms with Crippen molar-refractivity contribution >= 4 is 40.0 Å². The van der Waals surface area contributed by atoms with E-state index in [9.17, 15) is 4.79 Å². The van der Waals surface area contributed by atoms with E-state index < -0.39 is 5.91 Å². The number of carbonyl (C=O) groups is 1. The van der Waals surface area contributed by atoms with E-state index in [0.717, 1.165) is 33.3 Å². The Labute approximate surface area is 173 Å². The molecule has 0 fully saturated rings. The molecule has 0 unspecified atom stereocenters. The van der Waals surface area contributed by atoms with Gasteiger partial charge >= 0.3 is 0 Å². The summed E-state index contributed by atoms with van der Waals surface area (Å²) < 4.78 is 0. The predicted octanol–water partition coefficient (Wildman–Crippen LogP) is 6.14. The quantitative estimate of drug-likeness (QED) is 0.418. The molecule has 3 nitrogen and oxygen atoms in total. The van der Waals surface area contributed by atoms with Crippen LogP contribution in [0.5, 0.6) is 0 Å². The molecule has 3 N–H and O–H groups in total. The summed E-state index contributed by atoms with van der Waals surface area (Å²) in [5.74, 6) is -0.468. The first-order chi connectivity index (χ1) is 13.4. The van der Waals surface area contributed by atoms with E-state index in [4.69, 9.17) is 28.9 Å². The number of nitrogens with one attached hydrogen (secondary N) is 1. The van der Waals surface area contributed by atoms with Gasteiger partial charge in [0.1, 0.15) is 0 Å². The fraction of sp³-hybridized carbons (Fsp3) is 0.0870.